The number of alkyl halides is 3. The van der Waals surface area contributed by atoms with Crippen molar-refractivity contribution in [1.29, 1.82) is 0 Å². The smallest absolute Gasteiger partial charge is 0.418 e. The Morgan fingerprint density at radius 3 is 2.44 bits per heavy atom. The number of hydrogen-bond acceptors (Lipinski definition) is 4. The molecular weight excluding hydrogens is 359 g/mol. The van der Waals surface area contributed by atoms with Crippen LogP contribution in [0.3, 0.4) is 0 Å². The van der Waals surface area contributed by atoms with Gasteiger partial charge in [0.1, 0.15) is 0 Å². The average Bonchev–Trinajstić information content (AvgIpc) is 2.54. The second kappa shape index (κ2) is 7.14. The Labute approximate surface area is 142 Å². The van der Waals surface area contributed by atoms with Crippen LogP contribution in [-0.4, -0.2) is 21.0 Å². The van der Waals surface area contributed by atoms with Crippen molar-refractivity contribution in [3.05, 3.63) is 59.7 Å². The van der Waals surface area contributed by atoms with Crippen LogP contribution in [0.15, 0.2) is 53.4 Å². The van der Waals surface area contributed by atoms with E-state index in [0.717, 1.165) is 24.3 Å². The molecule has 0 aliphatic rings. The number of rotatable bonds is 5. The first-order valence-electron chi connectivity index (χ1n) is 7.11. The summed E-state index contributed by atoms with van der Waals surface area (Å²) in [5, 5.41) is 0. The minimum absolute atomic E-state index is 0.0196. The number of anilines is 1. The number of esters is 1. The van der Waals surface area contributed by atoms with Crippen molar-refractivity contribution in [1.82, 2.24) is 0 Å². The van der Waals surface area contributed by atoms with E-state index in [1.807, 2.05) is 4.72 Å². The molecule has 5 nitrogen and oxygen atoms in total. The lowest BCUT2D eigenvalue weighted by molar-refractivity contribution is -0.136. The van der Waals surface area contributed by atoms with E-state index in [9.17, 15) is 26.4 Å². The summed E-state index contributed by atoms with van der Waals surface area (Å²) in [6, 6.07) is 9.07. The van der Waals surface area contributed by atoms with Crippen LogP contribution in [0.5, 0.6) is 0 Å². The van der Waals surface area contributed by atoms with E-state index < -0.39 is 33.4 Å². The quantitative estimate of drug-likeness (QED) is 0.812. The summed E-state index contributed by atoms with van der Waals surface area (Å²) in [4.78, 5) is 11.3. The van der Waals surface area contributed by atoms with Gasteiger partial charge in [-0.05, 0) is 37.3 Å². The highest BCUT2D eigenvalue weighted by Gasteiger charge is 2.34. The van der Waals surface area contributed by atoms with Crippen molar-refractivity contribution in [3.8, 4) is 0 Å². The van der Waals surface area contributed by atoms with Crippen LogP contribution in [0, 0.1) is 0 Å². The van der Waals surface area contributed by atoms with E-state index in [1.165, 1.54) is 24.3 Å². The molecule has 0 fully saturated rings. The normalized spacial score (nSPS) is 11.8. The van der Waals surface area contributed by atoms with Gasteiger partial charge < -0.3 is 4.74 Å². The molecule has 0 spiro atoms. The lowest BCUT2D eigenvalue weighted by Crippen LogP contribution is -2.17. The number of carbonyl (C=O) groups is 1. The molecular formula is C16H14F3NO4S. The topological polar surface area (TPSA) is 72.5 Å². The monoisotopic (exact) mass is 373 g/mol. The molecule has 0 heterocycles. The third-order valence-electron chi connectivity index (χ3n) is 3.13. The van der Waals surface area contributed by atoms with E-state index in [1.54, 1.807) is 6.92 Å². The summed E-state index contributed by atoms with van der Waals surface area (Å²) in [5.41, 5.74) is -1.73. The van der Waals surface area contributed by atoms with E-state index >= 15 is 0 Å². The number of carbonyl (C=O) groups excluding carboxylic acids is 1. The molecule has 0 saturated carbocycles. The zero-order valence-corrected chi connectivity index (χ0v) is 13.8. The standard InChI is InChI=1S/C16H14F3NO4S/c1-2-24-15(21)11-6-5-7-12(10-11)25(22,23)20-14-9-4-3-8-13(14)16(17,18)19/h3-10,20H,2H2,1H3. The van der Waals surface area contributed by atoms with Crippen LogP contribution in [0.2, 0.25) is 0 Å². The zero-order valence-electron chi connectivity index (χ0n) is 13.0. The van der Waals surface area contributed by atoms with Gasteiger partial charge in [0.2, 0.25) is 0 Å². The van der Waals surface area contributed by atoms with Crippen LogP contribution in [0.4, 0.5) is 18.9 Å². The molecule has 2 rings (SSSR count). The average molecular weight is 373 g/mol. The fourth-order valence-electron chi connectivity index (χ4n) is 2.03. The number of nitrogens with one attached hydrogen (secondary N) is 1. The fourth-order valence-corrected chi connectivity index (χ4v) is 3.15. The van der Waals surface area contributed by atoms with Gasteiger partial charge in [0.25, 0.3) is 10.0 Å². The first-order chi connectivity index (χ1) is 11.6. The van der Waals surface area contributed by atoms with Gasteiger partial charge >= 0.3 is 12.1 Å². The summed E-state index contributed by atoms with van der Waals surface area (Å²) < 4.78 is 70.4. The van der Waals surface area contributed by atoms with Gasteiger partial charge in [-0.2, -0.15) is 13.2 Å². The van der Waals surface area contributed by atoms with Gasteiger partial charge in [-0.1, -0.05) is 18.2 Å². The van der Waals surface area contributed by atoms with Crippen LogP contribution in [0.1, 0.15) is 22.8 Å². The second-order valence-electron chi connectivity index (χ2n) is 4.90. The van der Waals surface area contributed by atoms with E-state index in [0.29, 0.717) is 0 Å². The highest BCUT2D eigenvalue weighted by Crippen LogP contribution is 2.35. The number of para-hydroxylation sites is 1. The molecule has 0 amide bonds. The third kappa shape index (κ3) is 4.50. The minimum Gasteiger partial charge on any atom is -0.462 e. The molecule has 0 unspecified atom stereocenters. The molecule has 0 aromatic heterocycles. The summed E-state index contributed by atoms with van der Waals surface area (Å²) in [7, 11) is -4.32. The molecule has 0 aliphatic carbocycles. The molecule has 2 aromatic rings. The predicted molar refractivity (Wildman–Crippen MR) is 84.7 cm³/mol. The largest absolute Gasteiger partial charge is 0.462 e. The van der Waals surface area contributed by atoms with Crippen LogP contribution >= 0.6 is 0 Å². The van der Waals surface area contributed by atoms with E-state index in [4.69, 9.17) is 4.74 Å². The van der Waals surface area contributed by atoms with Crippen molar-refractivity contribution in [2.75, 3.05) is 11.3 Å². The van der Waals surface area contributed by atoms with Gasteiger partial charge in [-0.25, -0.2) is 13.2 Å². The molecule has 0 aliphatic heterocycles. The Balaban J connectivity index is 2.38. The highest BCUT2D eigenvalue weighted by atomic mass is 32.2. The van der Waals surface area contributed by atoms with Crippen molar-refractivity contribution in [2.24, 2.45) is 0 Å². The maximum absolute atomic E-state index is 13.0. The molecule has 0 radical (unpaired) electrons. The first-order valence-corrected chi connectivity index (χ1v) is 8.59. The van der Waals surface area contributed by atoms with Gasteiger partial charge in [0.15, 0.2) is 0 Å². The predicted octanol–water partition coefficient (Wildman–Crippen LogP) is 3.68. The summed E-state index contributed by atoms with van der Waals surface area (Å²) in [6.45, 7) is 1.70. The fraction of sp³-hybridized carbons (Fsp3) is 0.188. The second-order valence-corrected chi connectivity index (χ2v) is 6.58. The van der Waals surface area contributed by atoms with Gasteiger partial charge in [0.05, 0.1) is 28.3 Å². The van der Waals surface area contributed by atoms with Crippen molar-refractivity contribution >= 4 is 21.7 Å². The molecule has 134 valence electrons. The Hall–Kier alpha value is -2.55. The van der Waals surface area contributed by atoms with E-state index in [-0.39, 0.29) is 17.1 Å². The van der Waals surface area contributed by atoms with Gasteiger partial charge in [-0.15, -0.1) is 0 Å². The number of benzene rings is 2. The van der Waals surface area contributed by atoms with Crippen LogP contribution in [-0.2, 0) is 20.9 Å². The SMILES string of the molecule is CCOC(=O)c1cccc(S(=O)(=O)Nc2ccccc2C(F)(F)F)c1. The zero-order chi connectivity index (χ0) is 18.7. The van der Waals surface area contributed by atoms with Gasteiger partial charge in [0, 0.05) is 0 Å². The summed E-state index contributed by atoms with van der Waals surface area (Å²) in [6.07, 6.45) is -4.72. The van der Waals surface area contributed by atoms with E-state index in [2.05, 4.69) is 0 Å². The molecule has 0 bridgehead atoms. The molecule has 25 heavy (non-hydrogen) atoms. The first kappa shape index (κ1) is 18.8. The number of halogens is 3. The number of ether oxygens (including phenoxy) is 1. The third-order valence-corrected chi connectivity index (χ3v) is 4.50. The summed E-state index contributed by atoms with van der Waals surface area (Å²) >= 11 is 0. The molecule has 0 saturated heterocycles. The molecule has 2 aromatic carbocycles. The summed E-state index contributed by atoms with van der Waals surface area (Å²) in [5.74, 6) is -0.727. The number of sulfonamides is 1. The lowest BCUT2D eigenvalue weighted by atomic mass is 10.2. The lowest BCUT2D eigenvalue weighted by Gasteiger charge is -2.15. The maximum atomic E-state index is 13.0. The maximum Gasteiger partial charge on any atom is 0.418 e. The molecule has 1 N–H and O–H groups in total. The highest BCUT2D eigenvalue weighted by molar-refractivity contribution is 7.92. The Kier molecular flexibility index (Phi) is 5.36. The molecule has 9 heteroatoms. The minimum atomic E-state index is -4.72. The van der Waals surface area contributed by atoms with Crippen molar-refractivity contribution < 1.29 is 31.1 Å². The van der Waals surface area contributed by atoms with Crippen LogP contribution < -0.4 is 4.72 Å². The number of hydrogen-bond donors (Lipinski definition) is 1. The van der Waals surface area contributed by atoms with Crippen molar-refractivity contribution in [3.63, 3.8) is 0 Å². The van der Waals surface area contributed by atoms with Crippen LogP contribution in [0.25, 0.3) is 0 Å². The van der Waals surface area contributed by atoms with Crippen molar-refractivity contribution in [2.45, 2.75) is 18.0 Å². The molecule has 0 atom stereocenters. The Morgan fingerprint density at radius 2 is 1.80 bits per heavy atom. The Bertz CT molecular complexity index is 879. The van der Waals surface area contributed by atoms with Gasteiger partial charge in [-0.3, -0.25) is 4.72 Å². The Morgan fingerprint density at radius 1 is 1.12 bits per heavy atom.